The second-order valence-electron chi connectivity index (χ2n) is 7.47. The maximum absolute atomic E-state index is 12.2. The highest BCUT2D eigenvalue weighted by molar-refractivity contribution is 5.96. The molecular formula is C23H29N3O4. The summed E-state index contributed by atoms with van der Waals surface area (Å²) in [5.74, 6) is 0.0193. The smallest absolute Gasteiger partial charge is 0.251 e. The highest BCUT2D eigenvalue weighted by atomic mass is 16.5. The molecule has 3 rings (SSSR count). The summed E-state index contributed by atoms with van der Waals surface area (Å²) >= 11 is 0. The monoisotopic (exact) mass is 411 g/mol. The predicted octanol–water partition coefficient (Wildman–Crippen LogP) is 1.70. The molecule has 0 unspecified atom stereocenters. The number of amides is 2. The third kappa shape index (κ3) is 6.30. The van der Waals surface area contributed by atoms with Crippen LogP contribution in [0.5, 0.6) is 5.75 Å². The standard InChI is InChI=1S/C23H29N3O4/c1-30-21-8-4-7-17(13-21)23(29)25-15-22(28)24-14-18-5-2-3-6-19(18)16-26-11-9-20(27)10-12-26/h2-8,13,20,27H,9-12,14-16H2,1H3,(H,24,28)(H,25,29). The van der Waals surface area contributed by atoms with E-state index in [0.717, 1.165) is 43.6 Å². The van der Waals surface area contributed by atoms with Gasteiger partial charge in [-0.15, -0.1) is 0 Å². The minimum absolute atomic E-state index is 0.0950. The van der Waals surface area contributed by atoms with Gasteiger partial charge in [-0.2, -0.15) is 0 Å². The van der Waals surface area contributed by atoms with E-state index in [9.17, 15) is 14.7 Å². The molecule has 1 fully saturated rings. The number of methoxy groups -OCH3 is 1. The van der Waals surface area contributed by atoms with Gasteiger partial charge in [0.15, 0.2) is 0 Å². The van der Waals surface area contributed by atoms with Crippen molar-refractivity contribution >= 4 is 11.8 Å². The third-order valence-electron chi connectivity index (χ3n) is 5.29. The summed E-state index contributed by atoms with van der Waals surface area (Å²) in [6.45, 7) is 2.85. The van der Waals surface area contributed by atoms with Gasteiger partial charge in [0, 0.05) is 31.7 Å². The number of rotatable bonds is 8. The summed E-state index contributed by atoms with van der Waals surface area (Å²) in [4.78, 5) is 26.8. The highest BCUT2D eigenvalue weighted by Crippen LogP contribution is 2.16. The van der Waals surface area contributed by atoms with E-state index < -0.39 is 0 Å². The molecule has 7 heteroatoms. The van der Waals surface area contributed by atoms with Crippen molar-refractivity contribution < 1.29 is 19.4 Å². The van der Waals surface area contributed by atoms with Crippen LogP contribution in [0, 0.1) is 0 Å². The highest BCUT2D eigenvalue weighted by Gasteiger charge is 2.18. The van der Waals surface area contributed by atoms with Crippen molar-refractivity contribution in [2.45, 2.75) is 32.0 Å². The molecule has 0 aliphatic carbocycles. The van der Waals surface area contributed by atoms with Crippen molar-refractivity contribution in [2.75, 3.05) is 26.7 Å². The first-order chi connectivity index (χ1) is 14.5. The average molecular weight is 412 g/mol. The number of hydrogen-bond donors (Lipinski definition) is 3. The summed E-state index contributed by atoms with van der Waals surface area (Å²) in [7, 11) is 1.54. The molecule has 7 nitrogen and oxygen atoms in total. The van der Waals surface area contributed by atoms with Crippen LogP contribution in [0.3, 0.4) is 0 Å². The average Bonchev–Trinajstić information content (AvgIpc) is 2.78. The molecule has 2 aromatic carbocycles. The van der Waals surface area contributed by atoms with Gasteiger partial charge < -0.3 is 20.5 Å². The van der Waals surface area contributed by atoms with Crippen LogP contribution < -0.4 is 15.4 Å². The van der Waals surface area contributed by atoms with Crippen molar-refractivity contribution in [3.63, 3.8) is 0 Å². The quantitative estimate of drug-likeness (QED) is 0.615. The van der Waals surface area contributed by atoms with Crippen LogP contribution in [0.2, 0.25) is 0 Å². The van der Waals surface area contributed by atoms with E-state index in [2.05, 4.69) is 21.6 Å². The third-order valence-corrected chi connectivity index (χ3v) is 5.29. The van der Waals surface area contributed by atoms with Gasteiger partial charge in [-0.25, -0.2) is 0 Å². The normalized spacial score (nSPS) is 14.9. The molecular weight excluding hydrogens is 382 g/mol. The molecule has 0 atom stereocenters. The van der Waals surface area contributed by atoms with Gasteiger partial charge in [-0.3, -0.25) is 14.5 Å². The predicted molar refractivity (Wildman–Crippen MR) is 114 cm³/mol. The Kier molecular flexibility index (Phi) is 7.82. The molecule has 1 aliphatic heterocycles. The number of aliphatic hydroxyl groups is 1. The van der Waals surface area contributed by atoms with Crippen molar-refractivity contribution in [3.05, 3.63) is 65.2 Å². The van der Waals surface area contributed by atoms with Crippen molar-refractivity contribution in [3.8, 4) is 5.75 Å². The number of nitrogens with one attached hydrogen (secondary N) is 2. The zero-order chi connectivity index (χ0) is 21.3. The number of ether oxygens (including phenoxy) is 1. The molecule has 1 aliphatic rings. The lowest BCUT2D eigenvalue weighted by Crippen LogP contribution is -2.37. The Labute approximate surface area is 177 Å². The summed E-state index contributed by atoms with van der Waals surface area (Å²) in [5, 5.41) is 15.2. The van der Waals surface area contributed by atoms with E-state index in [-0.39, 0.29) is 24.5 Å². The zero-order valence-corrected chi connectivity index (χ0v) is 17.3. The summed E-state index contributed by atoms with van der Waals surface area (Å²) in [6.07, 6.45) is 1.40. The van der Waals surface area contributed by atoms with Crippen LogP contribution in [-0.2, 0) is 17.9 Å². The van der Waals surface area contributed by atoms with Crippen molar-refractivity contribution in [1.82, 2.24) is 15.5 Å². The fourth-order valence-corrected chi connectivity index (χ4v) is 3.49. The molecule has 1 heterocycles. The molecule has 0 aromatic heterocycles. The van der Waals surface area contributed by atoms with E-state index in [1.165, 1.54) is 7.11 Å². The Morgan fingerprint density at radius 1 is 1.07 bits per heavy atom. The first kappa shape index (κ1) is 21.8. The van der Waals surface area contributed by atoms with Crippen molar-refractivity contribution in [1.29, 1.82) is 0 Å². The largest absolute Gasteiger partial charge is 0.497 e. The van der Waals surface area contributed by atoms with Crippen LogP contribution >= 0.6 is 0 Å². The number of carbonyl (C=O) groups is 2. The maximum atomic E-state index is 12.2. The molecule has 0 spiro atoms. The lowest BCUT2D eigenvalue weighted by molar-refractivity contribution is -0.120. The Morgan fingerprint density at radius 2 is 1.80 bits per heavy atom. The molecule has 0 saturated carbocycles. The molecule has 30 heavy (non-hydrogen) atoms. The van der Waals surface area contributed by atoms with Crippen molar-refractivity contribution in [2.24, 2.45) is 0 Å². The number of benzene rings is 2. The lowest BCUT2D eigenvalue weighted by Gasteiger charge is -2.30. The fourth-order valence-electron chi connectivity index (χ4n) is 3.49. The molecule has 160 valence electrons. The van der Waals surface area contributed by atoms with Crippen LogP contribution in [0.25, 0.3) is 0 Å². The first-order valence-electron chi connectivity index (χ1n) is 10.2. The van der Waals surface area contributed by atoms with Crippen LogP contribution in [-0.4, -0.2) is 54.7 Å². The number of likely N-dealkylation sites (tertiary alicyclic amines) is 1. The van der Waals surface area contributed by atoms with Gasteiger partial charge in [-0.05, 0) is 42.2 Å². The van der Waals surface area contributed by atoms with E-state index in [1.54, 1.807) is 24.3 Å². The lowest BCUT2D eigenvalue weighted by atomic mass is 10.0. The van der Waals surface area contributed by atoms with E-state index in [1.807, 2.05) is 18.2 Å². The molecule has 2 amide bonds. The Morgan fingerprint density at radius 3 is 2.53 bits per heavy atom. The number of piperidine rings is 1. The van der Waals surface area contributed by atoms with Gasteiger partial charge in [-0.1, -0.05) is 30.3 Å². The topological polar surface area (TPSA) is 90.9 Å². The number of carbonyl (C=O) groups excluding carboxylic acids is 2. The van der Waals surface area contributed by atoms with Crippen LogP contribution in [0.4, 0.5) is 0 Å². The Balaban J connectivity index is 1.48. The number of aliphatic hydroxyl groups excluding tert-OH is 1. The summed E-state index contributed by atoms with van der Waals surface area (Å²) < 4.78 is 5.11. The molecule has 0 bridgehead atoms. The Bertz CT molecular complexity index is 863. The van der Waals surface area contributed by atoms with Gasteiger partial charge in [0.2, 0.25) is 5.91 Å². The van der Waals surface area contributed by atoms with E-state index in [0.29, 0.717) is 17.9 Å². The summed E-state index contributed by atoms with van der Waals surface area (Å²) in [5.41, 5.74) is 2.66. The van der Waals surface area contributed by atoms with Gasteiger partial charge in [0.05, 0.1) is 19.8 Å². The van der Waals surface area contributed by atoms with Gasteiger partial charge in [0.1, 0.15) is 5.75 Å². The van der Waals surface area contributed by atoms with Gasteiger partial charge >= 0.3 is 0 Å². The molecule has 2 aromatic rings. The zero-order valence-electron chi connectivity index (χ0n) is 17.3. The summed E-state index contributed by atoms with van der Waals surface area (Å²) in [6, 6.07) is 14.8. The molecule has 3 N–H and O–H groups in total. The Hall–Kier alpha value is -2.90. The van der Waals surface area contributed by atoms with Crippen LogP contribution in [0.1, 0.15) is 34.3 Å². The number of hydrogen-bond acceptors (Lipinski definition) is 5. The van der Waals surface area contributed by atoms with Crippen LogP contribution in [0.15, 0.2) is 48.5 Å². The second kappa shape index (κ2) is 10.8. The number of nitrogens with zero attached hydrogens (tertiary/aromatic N) is 1. The molecule has 0 radical (unpaired) electrons. The second-order valence-corrected chi connectivity index (χ2v) is 7.47. The SMILES string of the molecule is COc1cccc(C(=O)NCC(=O)NCc2ccccc2CN2CCC(O)CC2)c1. The minimum Gasteiger partial charge on any atom is -0.497 e. The van der Waals surface area contributed by atoms with E-state index >= 15 is 0 Å². The minimum atomic E-state index is -0.322. The fraction of sp³-hybridized carbons (Fsp3) is 0.391. The van der Waals surface area contributed by atoms with Gasteiger partial charge in [0.25, 0.3) is 5.91 Å². The molecule has 1 saturated heterocycles. The first-order valence-corrected chi connectivity index (χ1v) is 10.2. The maximum Gasteiger partial charge on any atom is 0.251 e. The van der Waals surface area contributed by atoms with E-state index in [4.69, 9.17) is 4.74 Å².